The van der Waals surface area contributed by atoms with E-state index in [1.807, 2.05) is 17.8 Å². The van der Waals surface area contributed by atoms with Gasteiger partial charge in [0, 0.05) is 43.1 Å². The molecule has 1 fully saturated rings. The maximum Gasteiger partial charge on any atom is 0.193 e. The first-order valence-corrected chi connectivity index (χ1v) is 11.2. The van der Waals surface area contributed by atoms with Gasteiger partial charge in [-0.1, -0.05) is 25.1 Å². The van der Waals surface area contributed by atoms with Crippen molar-refractivity contribution in [2.24, 2.45) is 10.9 Å². The van der Waals surface area contributed by atoms with Crippen LogP contribution in [0, 0.1) is 5.92 Å². The van der Waals surface area contributed by atoms with Crippen LogP contribution in [0.4, 0.5) is 0 Å². The van der Waals surface area contributed by atoms with E-state index in [1.54, 1.807) is 14.0 Å². The molecule has 1 aromatic rings. The van der Waals surface area contributed by atoms with Crippen LogP contribution in [-0.4, -0.2) is 63.2 Å². The second kappa shape index (κ2) is 9.32. The molecule has 24 heavy (non-hydrogen) atoms. The molecule has 0 radical (unpaired) electrons. The maximum absolute atomic E-state index is 11.6. The Labute approximate surface area is 149 Å². The van der Waals surface area contributed by atoms with Crippen LogP contribution in [0.25, 0.3) is 0 Å². The van der Waals surface area contributed by atoms with E-state index in [0.29, 0.717) is 12.5 Å². The second-order valence-corrected chi connectivity index (χ2v) is 9.50. The highest BCUT2D eigenvalue weighted by Crippen LogP contribution is 2.25. The summed E-state index contributed by atoms with van der Waals surface area (Å²) in [4.78, 5) is 7.84. The molecule has 0 amide bonds. The average molecular weight is 370 g/mol. The molecule has 2 rings (SSSR count). The van der Waals surface area contributed by atoms with Gasteiger partial charge in [0.2, 0.25) is 0 Å². The van der Waals surface area contributed by atoms with Gasteiger partial charge in [-0.3, -0.25) is 4.99 Å². The lowest BCUT2D eigenvalue weighted by Gasteiger charge is -2.21. The molecule has 0 spiro atoms. The van der Waals surface area contributed by atoms with E-state index < -0.39 is 9.84 Å². The molecule has 1 unspecified atom stereocenters. The summed E-state index contributed by atoms with van der Waals surface area (Å²) in [6.45, 7) is 4.04. The van der Waals surface area contributed by atoms with Crippen LogP contribution in [0.2, 0.25) is 0 Å². The monoisotopic (exact) mass is 369 g/mol. The quantitative estimate of drug-likeness (QED) is 0.453. The predicted molar refractivity (Wildman–Crippen MR) is 103 cm³/mol. The van der Waals surface area contributed by atoms with Gasteiger partial charge in [-0.05, 0) is 24.5 Å². The summed E-state index contributed by atoms with van der Waals surface area (Å²) in [5.74, 6) is 2.89. The zero-order valence-corrected chi connectivity index (χ0v) is 16.1. The minimum Gasteiger partial charge on any atom is -0.355 e. The topological polar surface area (TPSA) is 61.8 Å². The minimum absolute atomic E-state index is 0.156. The Morgan fingerprint density at radius 2 is 2.12 bits per heavy atom. The zero-order valence-electron chi connectivity index (χ0n) is 14.4. The van der Waals surface area contributed by atoms with Crippen molar-refractivity contribution in [3.63, 3.8) is 0 Å². The normalized spacial score (nSPS) is 18.8. The molecule has 0 aromatic heterocycles. The van der Waals surface area contributed by atoms with Crippen molar-refractivity contribution in [3.05, 3.63) is 30.3 Å². The third kappa shape index (κ3) is 6.02. The standard InChI is InChI=1S/C17H27N3O2S2/c1-3-24(21,22)12-10-19-17(18-2)20-11-9-15(13-20)14-23-16-7-5-4-6-8-16/h4-8,15H,3,9-14H2,1-2H3,(H,18,19). The molecule has 1 aromatic carbocycles. The first-order chi connectivity index (χ1) is 11.5. The van der Waals surface area contributed by atoms with Crippen molar-refractivity contribution in [2.75, 3.05) is 43.9 Å². The Morgan fingerprint density at radius 1 is 1.38 bits per heavy atom. The van der Waals surface area contributed by atoms with E-state index in [-0.39, 0.29) is 11.5 Å². The lowest BCUT2D eigenvalue weighted by Crippen LogP contribution is -2.42. The molecule has 5 nitrogen and oxygen atoms in total. The Hall–Kier alpha value is -1.21. The minimum atomic E-state index is -2.94. The number of thioether (sulfide) groups is 1. The molecule has 1 aliphatic heterocycles. The highest BCUT2D eigenvalue weighted by Gasteiger charge is 2.25. The summed E-state index contributed by atoms with van der Waals surface area (Å²) in [5, 5.41) is 3.19. The third-order valence-corrected chi connectivity index (χ3v) is 7.11. The number of hydrogen-bond donors (Lipinski definition) is 1. The molecule has 1 atom stereocenters. The van der Waals surface area contributed by atoms with Gasteiger partial charge in [0.15, 0.2) is 15.8 Å². The van der Waals surface area contributed by atoms with Gasteiger partial charge in [-0.15, -0.1) is 11.8 Å². The van der Waals surface area contributed by atoms with Gasteiger partial charge in [-0.2, -0.15) is 0 Å². The Kier molecular flexibility index (Phi) is 7.42. The van der Waals surface area contributed by atoms with Crippen molar-refractivity contribution in [2.45, 2.75) is 18.2 Å². The molecule has 7 heteroatoms. The van der Waals surface area contributed by atoms with Crippen LogP contribution in [0.15, 0.2) is 40.2 Å². The molecule has 134 valence electrons. The lowest BCUT2D eigenvalue weighted by molar-refractivity contribution is 0.476. The van der Waals surface area contributed by atoms with E-state index in [0.717, 1.165) is 31.2 Å². The van der Waals surface area contributed by atoms with Crippen LogP contribution in [0.1, 0.15) is 13.3 Å². The highest BCUT2D eigenvalue weighted by atomic mass is 32.2. The van der Waals surface area contributed by atoms with E-state index in [2.05, 4.69) is 39.5 Å². The molecule has 0 bridgehead atoms. The maximum atomic E-state index is 11.6. The van der Waals surface area contributed by atoms with Gasteiger partial charge in [0.1, 0.15) is 0 Å². The highest BCUT2D eigenvalue weighted by molar-refractivity contribution is 7.99. The number of aliphatic imine (C=N–C) groups is 1. The number of hydrogen-bond acceptors (Lipinski definition) is 4. The Bertz CT molecular complexity index is 632. The summed E-state index contributed by atoms with van der Waals surface area (Å²) in [7, 11) is -1.18. The largest absolute Gasteiger partial charge is 0.355 e. The summed E-state index contributed by atoms with van der Waals surface area (Å²) in [6, 6.07) is 10.5. The summed E-state index contributed by atoms with van der Waals surface area (Å²) in [6.07, 6.45) is 1.15. The van der Waals surface area contributed by atoms with Gasteiger partial charge in [-0.25, -0.2) is 8.42 Å². The van der Waals surface area contributed by atoms with Crippen LogP contribution >= 0.6 is 11.8 Å². The third-order valence-electron chi connectivity index (χ3n) is 4.16. The van der Waals surface area contributed by atoms with Crippen molar-refractivity contribution in [1.82, 2.24) is 10.2 Å². The molecular formula is C17H27N3O2S2. The first-order valence-electron chi connectivity index (χ1n) is 8.38. The van der Waals surface area contributed by atoms with E-state index in [1.165, 1.54) is 4.90 Å². The van der Waals surface area contributed by atoms with Crippen LogP contribution in [0.5, 0.6) is 0 Å². The SMILES string of the molecule is CCS(=O)(=O)CCNC(=NC)N1CCC(CSc2ccccc2)C1. The van der Waals surface area contributed by atoms with Crippen molar-refractivity contribution in [3.8, 4) is 0 Å². The van der Waals surface area contributed by atoms with Gasteiger partial charge < -0.3 is 10.2 Å². The van der Waals surface area contributed by atoms with Crippen LogP contribution in [0.3, 0.4) is 0 Å². The van der Waals surface area contributed by atoms with Crippen molar-refractivity contribution < 1.29 is 8.42 Å². The molecule has 0 aliphatic carbocycles. The van der Waals surface area contributed by atoms with E-state index >= 15 is 0 Å². The Balaban J connectivity index is 1.76. The fraction of sp³-hybridized carbons (Fsp3) is 0.588. The average Bonchev–Trinajstić information content (AvgIpc) is 3.06. The number of rotatable bonds is 7. The molecular weight excluding hydrogens is 342 g/mol. The smallest absolute Gasteiger partial charge is 0.193 e. The number of sulfone groups is 1. The molecule has 1 aliphatic rings. The fourth-order valence-electron chi connectivity index (χ4n) is 2.69. The number of nitrogens with one attached hydrogen (secondary N) is 1. The zero-order chi connectivity index (χ0) is 17.4. The second-order valence-electron chi connectivity index (χ2n) is 5.94. The van der Waals surface area contributed by atoms with Crippen molar-refractivity contribution in [1.29, 1.82) is 0 Å². The van der Waals surface area contributed by atoms with Gasteiger partial charge in [0.05, 0.1) is 5.75 Å². The predicted octanol–water partition coefficient (Wildman–Crippen LogP) is 2.11. The fourth-order valence-corrected chi connectivity index (χ4v) is 4.44. The Morgan fingerprint density at radius 3 is 2.79 bits per heavy atom. The number of benzene rings is 1. The molecule has 1 saturated heterocycles. The van der Waals surface area contributed by atoms with Crippen molar-refractivity contribution >= 4 is 27.6 Å². The molecule has 1 heterocycles. The van der Waals surface area contributed by atoms with E-state index in [9.17, 15) is 8.42 Å². The summed E-state index contributed by atoms with van der Waals surface area (Å²) in [5.41, 5.74) is 0. The number of guanidine groups is 1. The summed E-state index contributed by atoms with van der Waals surface area (Å²) >= 11 is 1.90. The first kappa shape index (κ1) is 19.1. The van der Waals surface area contributed by atoms with E-state index in [4.69, 9.17) is 0 Å². The summed E-state index contributed by atoms with van der Waals surface area (Å²) < 4.78 is 23.1. The van der Waals surface area contributed by atoms with Crippen LogP contribution < -0.4 is 5.32 Å². The van der Waals surface area contributed by atoms with Crippen LogP contribution in [-0.2, 0) is 9.84 Å². The number of likely N-dealkylation sites (tertiary alicyclic amines) is 1. The van der Waals surface area contributed by atoms with Gasteiger partial charge in [0.25, 0.3) is 0 Å². The number of nitrogens with zero attached hydrogens (tertiary/aromatic N) is 2. The lowest BCUT2D eigenvalue weighted by atomic mass is 10.2. The molecule has 0 saturated carbocycles. The van der Waals surface area contributed by atoms with Gasteiger partial charge >= 0.3 is 0 Å². The molecule has 1 N–H and O–H groups in total.